The molecule has 0 spiro atoms. The predicted molar refractivity (Wildman–Crippen MR) is 103 cm³/mol. The molecule has 0 unspecified atom stereocenters. The Balaban J connectivity index is 1.90. The zero-order chi connectivity index (χ0) is 17.1. The first-order chi connectivity index (χ1) is 11.6. The van der Waals surface area contributed by atoms with Crippen molar-refractivity contribution in [2.45, 2.75) is 0 Å². The smallest absolute Gasteiger partial charge is 0.272 e. The molecule has 0 bridgehead atoms. The molecule has 3 aromatic rings. The average Bonchev–Trinajstić information content (AvgIpc) is 2.58. The number of aromatic hydroxyl groups is 1. The van der Waals surface area contributed by atoms with Gasteiger partial charge in [0.1, 0.15) is 5.75 Å². The van der Waals surface area contributed by atoms with Crippen LogP contribution in [-0.4, -0.2) is 17.2 Å². The summed E-state index contributed by atoms with van der Waals surface area (Å²) in [6.45, 7) is 0. The minimum atomic E-state index is -0.336. The molecule has 0 radical (unpaired) electrons. The fraction of sp³-hybridized carbons (Fsp3) is 0. The summed E-state index contributed by atoms with van der Waals surface area (Å²) in [4.78, 5) is 12.1. The van der Waals surface area contributed by atoms with E-state index in [0.29, 0.717) is 20.1 Å². The maximum Gasteiger partial charge on any atom is 0.272 e. The van der Waals surface area contributed by atoms with E-state index in [1.54, 1.807) is 18.2 Å². The number of phenols is 1. The number of carbonyl (C=O) groups excluding carboxylic acids is 1. The van der Waals surface area contributed by atoms with Gasteiger partial charge in [-0.1, -0.05) is 36.4 Å². The summed E-state index contributed by atoms with van der Waals surface area (Å²) in [5.74, 6) is -0.259. The Morgan fingerprint density at radius 3 is 2.54 bits per heavy atom. The van der Waals surface area contributed by atoms with Crippen LogP contribution in [0.25, 0.3) is 10.8 Å². The first-order valence-corrected chi connectivity index (χ1v) is 8.64. The second-order valence-electron chi connectivity index (χ2n) is 5.02. The largest absolute Gasteiger partial charge is 0.506 e. The fourth-order valence-corrected chi connectivity index (χ4v) is 3.25. The van der Waals surface area contributed by atoms with Gasteiger partial charge in [-0.05, 0) is 60.8 Å². The number of hydrogen-bond acceptors (Lipinski definition) is 3. The van der Waals surface area contributed by atoms with Crippen molar-refractivity contribution in [1.29, 1.82) is 0 Å². The summed E-state index contributed by atoms with van der Waals surface area (Å²) >= 11 is 6.66. The van der Waals surface area contributed by atoms with Crippen LogP contribution in [-0.2, 0) is 0 Å². The molecule has 0 heterocycles. The van der Waals surface area contributed by atoms with Crippen molar-refractivity contribution >= 4 is 54.8 Å². The van der Waals surface area contributed by atoms with Gasteiger partial charge in [-0.3, -0.25) is 4.79 Å². The van der Waals surface area contributed by atoms with E-state index in [0.717, 1.165) is 10.8 Å². The summed E-state index contributed by atoms with van der Waals surface area (Å²) in [6.07, 6.45) is 1.44. The van der Waals surface area contributed by atoms with E-state index < -0.39 is 0 Å². The van der Waals surface area contributed by atoms with Gasteiger partial charge in [-0.2, -0.15) is 5.10 Å². The molecule has 0 fully saturated rings. The van der Waals surface area contributed by atoms with Crippen LogP contribution in [0.3, 0.4) is 0 Å². The highest BCUT2D eigenvalue weighted by molar-refractivity contribution is 9.10. The van der Waals surface area contributed by atoms with Crippen molar-refractivity contribution < 1.29 is 9.90 Å². The normalized spacial score (nSPS) is 11.1. The van der Waals surface area contributed by atoms with E-state index in [4.69, 9.17) is 0 Å². The summed E-state index contributed by atoms with van der Waals surface area (Å²) in [5.41, 5.74) is 3.49. The lowest BCUT2D eigenvalue weighted by Gasteiger charge is -2.07. The molecule has 4 nitrogen and oxygen atoms in total. The van der Waals surface area contributed by atoms with Gasteiger partial charge in [0, 0.05) is 10.0 Å². The summed E-state index contributed by atoms with van der Waals surface area (Å²) in [5, 5.41) is 16.1. The first kappa shape index (κ1) is 16.7. The first-order valence-electron chi connectivity index (χ1n) is 7.06. The third kappa shape index (κ3) is 3.34. The van der Waals surface area contributed by atoms with Crippen molar-refractivity contribution in [3.05, 3.63) is 74.7 Å². The Morgan fingerprint density at radius 2 is 1.75 bits per heavy atom. The monoisotopic (exact) mass is 446 g/mol. The molecule has 3 rings (SSSR count). The second-order valence-corrected chi connectivity index (χ2v) is 6.73. The quantitative estimate of drug-likeness (QED) is 0.446. The van der Waals surface area contributed by atoms with Gasteiger partial charge in [0.05, 0.1) is 16.3 Å². The molecule has 0 aliphatic rings. The molecule has 0 aromatic heterocycles. The highest BCUT2D eigenvalue weighted by Gasteiger charge is 2.10. The third-order valence-corrected chi connectivity index (χ3v) is 4.79. The van der Waals surface area contributed by atoms with Crippen LogP contribution in [0.1, 0.15) is 15.9 Å². The molecule has 0 saturated heterocycles. The van der Waals surface area contributed by atoms with Crippen LogP contribution in [0.15, 0.2) is 68.6 Å². The van der Waals surface area contributed by atoms with Gasteiger partial charge < -0.3 is 5.11 Å². The standard InChI is InChI=1S/C18H12Br2N2O2/c19-15-8-4-3-7-13(15)18(24)22-21-10-14-12-6-2-1-5-11(12)9-16(20)17(14)23/h1-10,23H,(H,22,24)/b21-10+. The zero-order valence-electron chi connectivity index (χ0n) is 12.3. The number of benzene rings is 3. The van der Waals surface area contributed by atoms with Crippen LogP contribution in [0.5, 0.6) is 5.75 Å². The molecule has 1 amide bonds. The average molecular weight is 448 g/mol. The molecule has 0 aliphatic carbocycles. The van der Waals surface area contributed by atoms with Gasteiger partial charge >= 0.3 is 0 Å². The van der Waals surface area contributed by atoms with E-state index in [1.807, 2.05) is 36.4 Å². The number of amides is 1. The molecular weight excluding hydrogens is 436 g/mol. The summed E-state index contributed by atoms with van der Waals surface area (Å²) < 4.78 is 1.26. The number of fused-ring (bicyclic) bond motifs is 1. The van der Waals surface area contributed by atoms with E-state index in [-0.39, 0.29) is 11.7 Å². The molecule has 6 heteroatoms. The predicted octanol–water partition coefficient (Wildman–Crippen LogP) is 4.83. The van der Waals surface area contributed by atoms with E-state index in [1.165, 1.54) is 6.21 Å². The maximum atomic E-state index is 12.1. The van der Waals surface area contributed by atoms with Crippen LogP contribution in [0.4, 0.5) is 0 Å². The molecule has 0 atom stereocenters. The number of hydrogen-bond donors (Lipinski definition) is 2. The lowest BCUT2D eigenvalue weighted by atomic mass is 10.0. The number of carbonyl (C=O) groups is 1. The molecule has 120 valence electrons. The van der Waals surface area contributed by atoms with E-state index in [9.17, 15) is 9.90 Å². The van der Waals surface area contributed by atoms with Crippen LogP contribution >= 0.6 is 31.9 Å². The molecule has 24 heavy (non-hydrogen) atoms. The number of halogens is 2. The Kier molecular flexibility index (Phi) is 4.97. The molecule has 2 N–H and O–H groups in total. The van der Waals surface area contributed by atoms with Gasteiger partial charge in [-0.25, -0.2) is 5.43 Å². The van der Waals surface area contributed by atoms with E-state index >= 15 is 0 Å². The zero-order valence-corrected chi connectivity index (χ0v) is 15.5. The van der Waals surface area contributed by atoms with Crippen LogP contribution in [0, 0.1) is 0 Å². The minimum absolute atomic E-state index is 0.0765. The van der Waals surface area contributed by atoms with Crippen molar-refractivity contribution in [2.75, 3.05) is 0 Å². The third-order valence-electron chi connectivity index (χ3n) is 3.49. The van der Waals surface area contributed by atoms with Crippen LogP contribution < -0.4 is 5.43 Å². The summed E-state index contributed by atoms with van der Waals surface area (Å²) in [6, 6.07) is 16.5. The van der Waals surface area contributed by atoms with Gasteiger partial charge in [0.15, 0.2) is 0 Å². The Morgan fingerprint density at radius 1 is 1.04 bits per heavy atom. The number of hydrazone groups is 1. The van der Waals surface area contributed by atoms with Gasteiger partial charge in [0.25, 0.3) is 5.91 Å². The highest BCUT2D eigenvalue weighted by Crippen LogP contribution is 2.33. The Bertz CT molecular complexity index is 955. The number of nitrogens with one attached hydrogen (secondary N) is 1. The number of rotatable bonds is 3. The van der Waals surface area contributed by atoms with Gasteiger partial charge in [-0.15, -0.1) is 0 Å². The van der Waals surface area contributed by atoms with Crippen molar-refractivity contribution in [3.63, 3.8) is 0 Å². The Labute approximate surface area is 155 Å². The van der Waals surface area contributed by atoms with Gasteiger partial charge in [0.2, 0.25) is 0 Å². The fourth-order valence-electron chi connectivity index (χ4n) is 2.32. The minimum Gasteiger partial charge on any atom is -0.506 e. The second kappa shape index (κ2) is 7.15. The van der Waals surface area contributed by atoms with E-state index in [2.05, 4.69) is 42.4 Å². The highest BCUT2D eigenvalue weighted by atomic mass is 79.9. The lowest BCUT2D eigenvalue weighted by molar-refractivity contribution is 0.0954. The maximum absolute atomic E-state index is 12.1. The molecule has 0 aliphatic heterocycles. The molecule has 0 saturated carbocycles. The lowest BCUT2D eigenvalue weighted by Crippen LogP contribution is -2.18. The summed E-state index contributed by atoms with van der Waals surface area (Å²) in [7, 11) is 0. The molecular formula is C18H12Br2N2O2. The van der Waals surface area contributed by atoms with Crippen molar-refractivity contribution in [1.82, 2.24) is 5.43 Å². The number of phenolic OH excluding ortho intramolecular Hbond substituents is 1. The molecule has 3 aromatic carbocycles. The topological polar surface area (TPSA) is 61.7 Å². The number of nitrogens with zero attached hydrogens (tertiary/aromatic N) is 1. The Hall–Kier alpha value is -2.18. The van der Waals surface area contributed by atoms with Crippen molar-refractivity contribution in [3.8, 4) is 5.75 Å². The van der Waals surface area contributed by atoms with Crippen LogP contribution in [0.2, 0.25) is 0 Å². The van der Waals surface area contributed by atoms with Crippen molar-refractivity contribution in [2.24, 2.45) is 5.10 Å². The SMILES string of the molecule is O=C(N/N=C/c1c(O)c(Br)cc2ccccc12)c1ccccc1Br.